The van der Waals surface area contributed by atoms with Gasteiger partial charge in [-0.15, -0.1) is 0 Å². The highest BCUT2D eigenvalue weighted by Gasteiger charge is 2.29. The van der Waals surface area contributed by atoms with Crippen LogP contribution in [0.3, 0.4) is 0 Å². The van der Waals surface area contributed by atoms with Gasteiger partial charge in [-0.1, -0.05) is 0 Å². The Morgan fingerprint density at radius 3 is 2.95 bits per heavy atom. The minimum absolute atomic E-state index is 0.130. The Hall–Kier alpha value is -2.51. The van der Waals surface area contributed by atoms with Gasteiger partial charge in [0.15, 0.2) is 11.9 Å². The van der Waals surface area contributed by atoms with E-state index in [1.807, 2.05) is 0 Å². The number of ether oxygens (including phenoxy) is 3. The third kappa shape index (κ3) is 2.73. The van der Waals surface area contributed by atoms with Crippen LogP contribution in [0.25, 0.3) is 0 Å². The van der Waals surface area contributed by atoms with Gasteiger partial charge in [-0.25, -0.2) is 9.59 Å². The molecule has 0 spiro atoms. The molecule has 1 aromatic rings. The number of amides is 1. The first-order valence-electron chi connectivity index (χ1n) is 5.89. The normalized spacial score (nSPS) is 17.8. The van der Waals surface area contributed by atoms with E-state index < -0.39 is 12.1 Å². The van der Waals surface area contributed by atoms with E-state index in [1.54, 1.807) is 7.05 Å². The Morgan fingerprint density at radius 2 is 2.35 bits per heavy atom. The number of rotatable bonds is 4. The van der Waals surface area contributed by atoms with Gasteiger partial charge < -0.3 is 24.8 Å². The Bertz CT molecular complexity index is 534. The van der Waals surface area contributed by atoms with Gasteiger partial charge in [0.2, 0.25) is 0 Å². The Labute approximate surface area is 115 Å². The maximum absolute atomic E-state index is 11.5. The molecule has 1 aliphatic heterocycles. The van der Waals surface area contributed by atoms with E-state index in [0.29, 0.717) is 6.54 Å². The summed E-state index contributed by atoms with van der Waals surface area (Å²) in [5.74, 6) is -0.342. The molecule has 2 N–H and O–H groups in total. The van der Waals surface area contributed by atoms with E-state index in [1.165, 1.54) is 24.4 Å². The van der Waals surface area contributed by atoms with Crippen LogP contribution >= 0.6 is 0 Å². The largest absolute Gasteiger partial charge is 0.486 e. The van der Waals surface area contributed by atoms with E-state index in [-0.39, 0.29) is 29.7 Å². The number of aromatic nitrogens is 1. The minimum Gasteiger partial charge on any atom is -0.486 e. The number of pyridine rings is 1. The summed E-state index contributed by atoms with van der Waals surface area (Å²) in [5.41, 5.74) is 6.09. The van der Waals surface area contributed by atoms with Crippen molar-refractivity contribution >= 4 is 17.7 Å². The van der Waals surface area contributed by atoms with Crippen LogP contribution in [-0.2, 0) is 9.47 Å². The van der Waals surface area contributed by atoms with Crippen LogP contribution in [0.15, 0.2) is 12.4 Å². The zero-order valence-corrected chi connectivity index (χ0v) is 11.2. The average molecular weight is 281 g/mol. The van der Waals surface area contributed by atoms with E-state index in [0.717, 1.165) is 0 Å². The molecular weight excluding hydrogens is 266 g/mol. The quantitative estimate of drug-likeness (QED) is 0.790. The van der Waals surface area contributed by atoms with Gasteiger partial charge in [-0.2, -0.15) is 0 Å². The van der Waals surface area contributed by atoms with Crippen molar-refractivity contribution in [3.63, 3.8) is 0 Å². The molecule has 1 amide bonds. The lowest BCUT2D eigenvalue weighted by atomic mass is 10.2. The number of nitrogens with two attached hydrogens (primary N) is 1. The highest BCUT2D eigenvalue weighted by atomic mass is 16.6. The van der Waals surface area contributed by atoms with Crippen LogP contribution in [0.4, 0.5) is 10.5 Å². The first-order chi connectivity index (χ1) is 9.52. The molecule has 0 bridgehead atoms. The predicted molar refractivity (Wildman–Crippen MR) is 68.4 cm³/mol. The molecule has 1 fully saturated rings. The van der Waals surface area contributed by atoms with Gasteiger partial charge in [0.1, 0.15) is 12.2 Å². The van der Waals surface area contributed by atoms with Gasteiger partial charge in [-0.3, -0.25) is 4.98 Å². The Balaban J connectivity index is 2.03. The molecule has 8 heteroatoms. The molecule has 0 radical (unpaired) electrons. The molecule has 0 saturated carbocycles. The Kier molecular flexibility index (Phi) is 3.92. The standard InChI is InChI=1S/C12H15N3O5/c1-15-5-7(20-12(15)17)6-19-9-4-14-3-8(10(9)13)11(16)18-2/h3-4,7H,5-6H2,1-2H3,(H2,13,14). The summed E-state index contributed by atoms with van der Waals surface area (Å²) in [6, 6.07) is 0. The summed E-state index contributed by atoms with van der Waals surface area (Å²) < 4.78 is 15.1. The molecule has 1 aromatic heterocycles. The molecule has 2 rings (SSSR count). The first-order valence-corrected chi connectivity index (χ1v) is 5.89. The number of hydrogen-bond acceptors (Lipinski definition) is 7. The first kappa shape index (κ1) is 13.9. The van der Waals surface area contributed by atoms with Crippen molar-refractivity contribution in [1.29, 1.82) is 0 Å². The summed E-state index contributed by atoms with van der Waals surface area (Å²) in [4.78, 5) is 28.0. The third-order valence-corrected chi connectivity index (χ3v) is 2.84. The smallest absolute Gasteiger partial charge is 0.410 e. The maximum Gasteiger partial charge on any atom is 0.410 e. The fourth-order valence-corrected chi connectivity index (χ4v) is 1.76. The monoisotopic (exact) mass is 281 g/mol. The van der Waals surface area contributed by atoms with E-state index in [2.05, 4.69) is 9.72 Å². The molecule has 20 heavy (non-hydrogen) atoms. The highest BCUT2D eigenvalue weighted by Crippen LogP contribution is 2.25. The number of anilines is 1. The Morgan fingerprint density at radius 1 is 1.60 bits per heavy atom. The van der Waals surface area contributed by atoms with Crippen LogP contribution in [0, 0.1) is 0 Å². The second kappa shape index (κ2) is 5.64. The second-order valence-corrected chi connectivity index (χ2v) is 4.29. The fraction of sp³-hybridized carbons (Fsp3) is 0.417. The second-order valence-electron chi connectivity index (χ2n) is 4.29. The lowest BCUT2D eigenvalue weighted by Gasteiger charge is -2.13. The van der Waals surface area contributed by atoms with Crippen molar-refractivity contribution in [1.82, 2.24) is 9.88 Å². The number of carbonyl (C=O) groups excluding carboxylic acids is 2. The number of esters is 1. The number of cyclic esters (lactones) is 1. The van der Waals surface area contributed by atoms with E-state index >= 15 is 0 Å². The van der Waals surface area contributed by atoms with Gasteiger partial charge in [0, 0.05) is 13.2 Å². The summed E-state index contributed by atoms with van der Waals surface area (Å²) >= 11 is 0. The number of methoxy groups -OCH3 is 1. The zero-order valence-electron chi connectivity index (χ0n) is 11.2. The molecular formula is C12H15N3O5. The van der Waals surface area contributed by atoms with E-state index in [4.69, 9.17) is 15.2 Å². The number of hydrogen-bond donors (Lipinski definition) is 1. The van der Waals surface area contributed by atoms with Crippen LogP contribution in [0.5, 0.6) is 5.75 Å². The van der Waals surface area contributed by atoms with Crippen LogP contribution in [0.2, 0.25) is 0 Å². The topological polar surface area (TPSA) is 104 Å². The van der Waals surface area contributed by atoms with Crippen LogP contribution in [-0.4, -0.2) is 55.4 Å². The highest BCUT2D eigenvalue weighted by molar-refractivity contribution is 5.95. The lowest BCUT2D eigenvalue weighted by Crippen LogP contribution is -2.23. The van der Waals surface area contributed by atoms with Gasteiger partial charge in [-0.05, 0) is 0 Å². The fourth-order valence-electron chi connectivity index (χ4n) is 1.76. The minimum atomic E-state index is -0.590. The molecule has 0 aromatic carbocycles. The van der Waals surface area contributed by atoms with Crippen LogP contribution in [0.1, 0.15) is 10.4 Å². The molecule has 1 unspecified atom stereocenters. The predicted octanol–water partition coefficient (Wildman–Crippen LogP) is 0.280. The van der Waals surface area contributed by atoms with Gasteiger partial charge >= 0.3 is 12.1 Å². The average Bonchev–Trinajstić information content (AvgIpc) is 2.76. The van der Waals surface area contributed by atoms with Gasteiger partial charge in [0.25, 0.3) is 0 Å². The number of nitrogens with zero attached hydrogens (tertiary/aromatic N) is 2. The van der Waals surface area contributed by atoms with Crippen molar-refractivity contribution in [2.45, 2.75) is 6.10 Å². The lowest BCUT2D eigenvalue weighted by molar-refractivity contribution is 0.0601. The van der Waals surface area contributed by atoms with E-state index in [9.17, 15) is 9.59 Å². The molecule has 1 atom stereocenters. The molecule has 108 valence electrons. The van der Waals surface area contributed by atoms with Gasteiger partial charge in [0.05, 0.1) is 25.5 Å². The number of nitrogen functional groups attached to an aromatic ring is 1. The maximum atomic E-state index is 11.5. The molecule has 8 nitrogen and oxygen atoms in total. The molecule has 2 heterocycles. The molecule has 0 aliphatic carbocycles. The van der Waals surface area contributed by atoms with Crippen molar-refractivity contribution in [2.24, 2.45) is 0 Å². The summed E-state index contributed by atoms with van der Waals surface area (Å²) in [7, 11) is 2.89. The van der Waals surface area contributed by atoms with Crippen LogP contribution < -0.4 is 10.5 Å². The van der Waals surface area contributed by atoms with Crippen molar-refractivity contribution in [2.75, 3.05) is 33.0 Å². The van der Waals surface area contributed by atoms with Crippen molar-refractivity contribution in [3.05, 3.63) is 18.0 Å². The van der Waals surface area contributed by atoms with Crippen molar-refractivity contribution < 1.29 is 23.8 Å². The summed E-state index contributed by atoms with van der Waals surface area (Å²) in [5, 5.41) is 0. The molecule has 1 aliphatic rings. The third-order valence-electron chi connectivity index (χ3n) is 2.84. The van der Waals surface area contributed by atoms with Crippen molar-refractivity contribution in [3.8, 4) is 5.75 Å². The number of carbonyl (C=O) groups is 2. The number of likely N-dealkylation sites (N-methyl/N-ethyl adjacent to an activating group) is 1. The summed E-state index contributed by atoms with van der Waals surface area (Å²) in [6.07, 6.45) is 1.92. The zero-order chi connectivity index (χ0) is 14.7. The molecule has 1 saturated heterocycles. The summed E-state index contributed by atoms with van der Waals surface area (Å²) in [6.45, 7) is 0.565. The SMILES string of the molecule is COC(=O)c1cncc(OCC2CN(C)C(=O)O2)c1N.